The van der Waals surface area contributed by atoms with Crippen LogP contribution in [0.25, 0.3) is 0 Å². The Bertz CT molecular complexity index is 521. The summed E-state index contributed by atoms with van der Waals surface area (Å²) in [6.07, 6.45) is 0. The minimum absolute atomic E-state index is 0. The third-order valence-electron chi connectivity index (χ3n) is 3.78. The van der Waals surface area contributed by atoms with Crippen LogP contribution in [0.15, 0.2) is 0 Å². The summed E-state index contributed by atoms with van der Waals surface area (Å²) in [6, 6.07) is 0. The molecule has 0 aliphatic heterocycles. The molecule has 0 bridgehead atoms. The quantitative estimate of drug-likeness (QED) is 0.360. The van der Waals surface area contributed by atoms with Gasteiger partial charge in [0.2, 0.25) is 0 Å². The zero-order chi connectivity index (χ0) is 21.6. The van der Waals surface area contributed by atoms with Gasteiger partial charge < -0.3 is 19.8 Å². The number of carbonyl (C=O) groups is 8. The number of hydrogen-bond acceptors (Lipinski definition) is 10. The summed E-state index contributed by atoms with van der Waals surface area (Å²) < 4.78 is 0. The molecule has 0 rings (SSSR count). The number of Topliss-reactive ketones (excluding diaryl/α,β-unsaturated/α-hetero) is 6. The van der Waals surface area contributed by atoms with Gasteiger partial charge in [-0.05, 0) is 41.5 Å². The molecule has 0 atom stereocenters. The van der Waals surface area contributed by atoms with Gasteiger partial charge in [0.15, 0.2) is 45.5 Å². The van der Waals surface area contributed by atoms with E-state index in [2.05, 4.69) is 0 Å². The van der Waals surface area contributed by atoms with Crippen molar-refractivity contribution in [3.63, 3.8) is 0 Å². The fourth-order valence-corrected chi connectivity index (χ4v) is 2.35. The van der Waals surface area contributed by atoms with Crippen LogP contribution < -0.4 is 10.2 Å². The van der Waals surface area contributed by atoms with E-state index in [4.69, 9.17) is 0 Å². The number of aliphatic carboxylic acids is 2. The molecule has 151 valence electrons. The van der Waals surface area contributed by atoms with Gasteiger partial charge in [-0.15, -0.1) is 0 Å². The molecule has 0 N–H and O–H groups in total. The van der Waals surface area contributed by atoms with E-state index in [0.717, 1.165) is 41.5 Å². The number of carbonyl (C=O) groups excluding carboxylic acids is 8. The molecule has 27 heavy (non-hydrogen) atoms. The number of ketones is 6. The Balaban J connectivity index is -0.000000411. The van der Waals surface area contributed by atoms with Crippen molar-refractivity contribution in [2.24, 2.45) is 10.8 Å². The Morgan fingerprint density at radius 2 is 0.556 bits per heavy atom. The average molecular weight is 429 g/mol. The van der Waals surface area contributed by atoms with Crippen LogP contribution in [0.1, 0.15) is 41.5 Å². The first-order valence-corrected chi connectivity index (χ1v) is 7.04. The molecule has 11 heteroatoms. The monoisotopic (exact) mass is 429 g/mol. The van der Waals surface area contributed by atoms with E-state index < -0.39 is 57.5 Å². The molecule has 0 aliphatic carbocycles. The second-order valence-electron chi connectivity index (χ2n) is 5.41. The molecule has 0 unspecified atom stereocenters. The third kappa shape index (κ3) is 5.23. The van der Waals surface area contributed by atoms with Gasteiger partial charge in [-0.25, -0.2) is 0 Å². The summed E-state index contributed by atoms with van der Waals surface area (Å²) in [5.74, 6) is -10.0. The normalized spacial score (nSPS) is 10.3. The first-order valence-electron chi connectivity index (χ1n) is 7.04. The van der Waals surface area contributed by atoms with Gasteiger partial charge in [0, 0.05) is 0 Å². The molecule has 0 spiro atoms. The summed E-state index contributed by atoms with van der Waals surface area (Å²) in [4.78, 5) is 86.7. The molecular weight excluding hydrogens is 411 g/mol. The van der Waals surface area contributed by atoms with Gasteiger partial charge in [-0.3, -0.25) is 28.8 Å². The number of carboxylic acids is 2. The van der Waals surface area contributed by atoms with Crippen LogP contribution in [0.4, 0.5) is 0 Å². The minimum Gasteiger partial charge on any atom is -0.548 e. The van der Waals surface area contributed by atoms with Gasteiger partial charge in [0.1, 0.15) is 0 Å². The molecule has 0 amide bonds. The fraction of sp³-hybridized carbons (Fsp3) is 0.500. The van der Waals surface area contributed by atoms with E-state index in [1.165, 1.54) is 0 Å². The Labute approximate surface area is 164 Å². The van der Waals surface area contributed by atoms with Crippen molar-refractivity contribution in [1.29, 1.82) is 0 Å². The molecule has 1 radical (unpaired) electrons. The molecule has 0 aromatic rings. The first-order chi connectivity index (χ1) is 11.5. The topological polar surface area (TPSA) is 183 Å². The van der Waals surface area contributed by atoms with Crippen LogP contribution in [0.2, 0.25) is 0 Å². The minimum atomic E-state index is -2.61. The third-order valence-corrected chi connectivity index (χ3v) is 3.78. The van der Waals surface area contributed by atoms with E-state index in [9.17, 15) is 48.6 Å². The van der Waals surface area contributed by atoms with E-state index >= 15 is 0 Å². The van der Waals surface area contributed by atoms with Gasteiger partial charge >= 0.3 is 16.8 Å². The van der Waals surface area contributed by atoms with Gasteiger partial charge in [0.05, 0.1) is 11.9 Å². The fourth-order valence-electron chi connectivity index (χ4n) is 2.35. The van der Waals surface area contributed by atoms with Crippen LogP contribution in [0.5, 0.6) is 0 Å². The number of rotatable bonds is 8. The Morgan fingerprint density at radius 3 is 0.556 bits per heavy atom. The molecule has 10 nitrogen and oxygen atoms in total. The summed E-state index contributed by atoms with van der Waals surface area (Å²) in [7, 11) is 0. The van der Waals surface area contributed by atoms with Crippen LogP contribution >= 0.6 is 0 Å². The molecule has 0 saturated carbocycles. The van der Waals surface area contributed by atoms with E-state index in [1.54, 1.807) is 0 Å². The van der Waals surface area contributed by atoms with E-state index in [0.29, 0.717) is 0 Å². The first kappa shape index (κ1) is 29.2. The zero-order valence-electron chi connectivity index (χ0n) is 15.4. The SMILES string of the molecule is CC(=O)C(C(C)=O)(C(C)=O)C(=O)[O-].CC(=O)C(C(C)=O)(C(C)=O)C(=O)[O-].[Co+2]. The summed E-state index contributed by atoms with van der Waals surface area (Å²) >= 11 is 0. The van der Waals surface area contributed by atoms with Crippen molar-refractivity contribution >= 4 is 46.6 Å². The Hall–Kier alpha value is -2.53. The summed E-state index contributed by atoms with van der Waals surface area (Å²) in [5, 5.41) is 21.1. The van der Waals surface area contributed by atoms with Crippen molar-refractivity contribution in [2.45, 2.75) is 41.5 Å². The van der Waals surface area contributed by atoms with Crippen LogP contribution in [-0.4, -0.2) is 46.6 Å². The van der Waals surface area contributed by atoms with E-state index in [-0.39, 0.29) is 16.8 Å². The standard InChI is InChI=1S/2C8H10O5.Co/c2*1-4(9)8(5(2)10,6(3)11)7(12)13;/h2*1-3H3,(H,12,13);/q;;+2/p-2. The van der Waals surface area contributed by atoms with Crippen LogP contribution in [0, 0.1) is 10.8 Å². The van der Waals surface area contributed by atoms with Gasteiger partial charge in [-0.2, -0.15) is 0 Å². The summed E-state index contributed by atoms with van der Waals surface area (Å²) in [5.41, 5.74) is -5.22. The number of carboxylic acid groups (broad SMARTS) is 2. The summed E-state index contributed by atoms with van der Waals surface area (Å²) in [6.45, 7) is 5.24. The van der Waals surface area contributed by atoms with Crippen molar-refractivity contribution in [2.75, 3.05) is 0 Å². The predicted octanol–water partition coefficient (Wildman–Crippen LogP) is -3.02. The van der Waals surface area contributed by atoms with Crippen LogP contribution in [0.3, 0.4) is 0 Å². The Morgan fingerprint density at radius 1 is 0.444 bits per heavy atom. The van der Waals surface area contributed by atoms with Crippen molar-refractivity contribution in [3.8, 4) is 0 Å². The molecule has 0 fully saturated rings. The largest absolute Gasteiger partial charge is 2.00 e. The predicted molar refractivity (Wildman–Crippen MR) is 79.0 cm³/mol. The molecule has 0 aliphatic rings. The van der Waals surface area contributed by atoms with Gasteiger partial charge in [-0.1, -0.05) is 0 Å². The second-order valence-corrected chi connectivity index (χ2v) is 5.41. The number of hydrogen-bond donors (Lipinski definition) is 0. The maximum absolute atomic E-state index is 10.9. The van der Waals surface area contributed by atoms with Gasteiger partial charge in [0.25, 0.3) is 0 Å². The van der Waals surface area contributed by atoms with Crippen LogP contribution in [-0.2, 0) is 55.1 Å². The Kier molecular flexibility index (Phi) is 11.5. The average Bonchev–Trinajstić information content (AvgIpc) is 2.35. The molecule has 0 saturated heterocycles. The second kappa shape index (κ2) is 10.6. The smallest absolute Gasteiger partial charge is 0.548 e. The maximum Gasteiger partial charge on any atom is 2.00 e. The van der Waals surface area contributed by atoms with E-state index in [1.807, 2.05) is 0 Å². The van der Waals surface area contributed by atoms with Crippen molar-refractivity contribution < 1.29 is 65.3 Å². The van der Waals surface area contributed by atoms with Crippen molar-refractivity contribution in [3.05, 3.63) is 0 Å². The zero-order valence-corrected chi connectivity index (χ0v) is 16.5. The molecule has 0 aromatic heterocycles. The van der Waals surface area contributed by atoms with Crippen molar-refractivity contribution in [1.82, 2.24) is 0 Å². The maximum atomic E-state index is 10.9. The molecule has 0 aromatic carbocycles. The molecular formula is C16H18CoO10. The molecule has 0 heterocycles.